The van der Waals surface area contributed by atoms with Crippen LogP contribution in [0.2, 0.25) is 0 Å². The SMILES string of the molecule is CC(C)c1cc(=S)n(C2CCCCCC2)[nH]1. The van der Waals surface area contributed by atoms with Crippen LogP contribution in [0.3, 0.4) is 0 Å². The molecule has 0 aromatic carbocycles. The van der Waals surface area contributed by atoms with E-state index in [4.69, 9.17) is 12.2 Å². The minimum Gasteiger partial charge on any atom is -0.301 e. The van der Waals surface area contributed by atoms with Gasteiger partial charge in [0.1, 0.15) is 4.64 Å². The molecule has 1 fully saturated rings. The third-order valence-corrected chi connectivity index (χ3v) is 3.89. The van der Waals surface area contributed by atoms with Gasteiger partial charge in [0.15, 0.2) is 0 Å². The maximum Gasteiger partial charge on any atom is 0.122 e. The Balaban J connectivity index is 2.21. The lowest BCUT2D eigenvalue weighted by molar-refractivity contribution is 0.398. The van der Waals surface area contributed by atoms with E-state index in [1.165, 1.54) is 44.2 Å². The third kappa shape index (κ3) is 2.57. The van der Waals surface area contributed by atoms with Crippen LogP contribution in [-0.2, 0) is 0 Å². The molecule has 2 rings (SSSR count). The molecule has 0 bridgehead atoms. The van der Waals surface area contributed by atoms with Gasteiger partial charge in [0, 0.05) is 5.69 Å². The topological polar surface area (TPSA) is 20.7 Å². The molecule has 0 spiro atoms. The fourth-order valence-electron chi connectivity index (χ4n) is 2.51. The summed E-state index contributed by atoms with van der Waals surface area (Å²) < 4.78 is 3.21. The number of aromatic nitrogens is 2. The standard InChI is InChI=1S/C13H22N2S/c1-10(2)12-9-13(16)15(14-12)11-7-5-3-4-6-8-11/h9-11,14H,3-8H2,1-2H3. The highest BCUT2D eigenvalue weighted by Crippen LogP contribution is 2.27. The quantitative estimate of drug-likeness (QED) is 0.591. The molecule has 0 amide bonds. The van der Waals surface area contributed by atoms with Gasteiger partial charge >= 0.3 is 0 Å². The van der Waals surface area contributed by atoms with Crippen LogP contribution in [0.5, 0.6) is 0 Å². The van der Waals surface area contributed by atoms with Crippen LogP contribution in [0.25, 0.3) is 0 Å². The van der Waals surface area contributed by atoms with Crippen molar-refractivity contribution in [3.8, 4) is 0 Å². The van der Waals surface area contributed by atoms with Crippen molar-refractivity contribution in [3.63, 3.8) is 0 Å². The lowest BCUT2D eigenvalue weighted by atomic mass is 10.1. The maximum atomic E-state index is 5.45. The number of nitrogens with one attached hydrogen (secondary N) is 1. The first kappa shape index (κ1) is 11.9. The molecule has 0 radical (unpaired) electrons. The number of hydrogen-bond acceptors (Lipinski definition) is 1. The molecule has 1 aromatic rings. The number of rotatable bonds is 2. The van der Waals surface area contributed by atoms with E-state index in [9.17, 15) is 0 Å². The van der Waals surface area contributed by atoms with Gasteiger partial charge in [-0.25, -0.2) is 0 Å². The van der Waals surface area contributed by atoms with E-state index < -0.39 is 0 Å². The molecule has 1 aromatic heterocycles. The smallest absolute Gasteiger partial charge is 0.122 e. The molecule has 1 aliphatic rings. The first-order chi connectivity index (χ1) is 7.68. The summed E-state index contributed by atoms with van der Waals surface area (Å²) in [5.41, 5.74) is 1.27. The number of aromatic amines is 1. The van der Waals surface area contributed by atoms with Gasteiger partial charge in [-0.05, 0) is 24.8 Å². The van der Waals surface area contributed by atoms with Crippen LogP contribution in [0, 0.1) is 4.64 Å². The molecule has 1 aliphatic carbocycles. The third-order valence-electron chi connectivity index (χ3n) is 3.58. The Morgan fingerprint density at radius 1 is 1.25 bits per heavy atom. The van der Waals surface area contributed by atoms with Gasteiger partial charge < -0.3 is 5.10 Å². The first-order valence-electron chi connectivity index (χ1n) is 6.50. The van der Waals surface area contributed by atoms with Gasteiger partial charge in [-0.3, -0.25) is 4.68 Å². The van der Waals surface area contributed by atoms with Crippen LogP contribution < -0.4 is 0 Å². The predicted octanol–water partition coefficient (Wildman–Crippen LogP) is 4.56. The van der Waals surface area contributed by atoms with Gasteiger partial charge in [-0.1, -0.05) is 51.7 Å². The van der Waals surface area contributed by atoms with Crippen LogP contribution in [0.1, 0.15) is 70.0 Å². The second kappa shape index (κ2) is 5.17. The molecule has 0 aliphatic heterocycles. The average molecular weight is 238 g/mol. The van der Waals surface area contributed by atoms with Crippen molar-refractivity contribution in [3.05, 3.63) is 16.4 Å². The summed E-state index contributed by atoms with van der Waals surface area (Å²) in [6, 6.07) is 2.74. The Hall–Kier alpha value is -0.570. The maximum absolute atomic E-state index is 5.45. The van der Waals surface area contributed by atoms with Crippen molar-refractivity contribution < 1.29 is 0 Å². The summed E-state index contributed by atoms with van der Waals surface area (Å²) in [5, 5.41) is 3.49. The zero-order valence-corrected chi connectivity index (χ0v) is 11.1. The molecular formula is C13H22N2S. The largest absolute Gasteiger partial charge is 0.301 e. The van der Waals surface area contributed by atoms with Crippen LogP contribution in [-0.4, -0.2) is 9.78 Å². The minimum absolute atomic E-state index is 0.536. The normalized spacial score (nSPS) is 18.9. The molecule has 2 nitrogen and oxygen atoms in total. The summed E-state index contributed by atoms with van der Waals surface area (Å²) in [5.74, 6) is 0.536. The van der Waals surface area contributed by atoms with Gasteiger partial charge in [-0.2, -0.15) is 0 Å². The van der Waals surface area contributed by atoms with E-state index in [-0.39, 0.29) is 0 Å². The van der Waals surface area contributed by atoms with Crippen molar-refractivity contribution in [1.29, 1.82) is 0 Å². The molecule has 0 unspecified atom stereocenters. The molecule has 90 valence electrons. The molecule has 0 atom stereocenters. The summed E-state index contributed by atoms with van der Waals surface area (Å²) in [6.45, 7) is 4.41. The number of nitrogens with zero attached hydrogens (tertiary/aromatic N) is 1. The van der Waals surface area contributed by atoms with Gasteiger partial charge in [0.05, 0.1) is 6.04 Å². The fraction of sp³-hybridized carbons (Fsp3) is 0.769. The summed E-state index contributed by atoms with van der Waals surface area (Å²) in [7, 11) is 0. The van der Waals surface area contributed by atoms with Crippen LogP contribution in [0.15, 0.2) is 6.07 Å². The molecule has 1 N–H and O–H groups in total. The second-order valence-electron chi connectivity index (χ2n) is 5.22. The predicted molar refractivity (Wildman–Crippen MR) is 70.4 cm³/mol. The van der Waals surface area contributed by atoms with E-state index in [0.717, 1.165) is 4.64 Å². The summed E-state index contributed by atoms with van der Waals surface area (Å²) in [6.07, 6.45) is 8.05. The molecule has 1 heterocycles. The summed E-state index contributed by atoms with van der Waals surface area (Å²) in [4.78, 5) is 0. The highest BCUT2D eigenvalue weighted by Gasteiger charge is 2.16. The number of hydrogen-bond donors (Lipinski definition) is 1. The van der Waals surface area contributed by atoms with Crippen molar-refractivity contribution in [2.24, 2.45) is 0 Å². The minimum atomic E-state index is 0.536. The van der Waals surface area contributed by atoms with E-state index in [1.807, 2.05) is 0 Å². The highest BCUT2D eigenvalue weighted by atomic mass is 32.1. The van der Waals surface area contributed by atoms with Gasteiger partial charge in [0.25, 0.3) is 0 Å². The van der Waals surface area contributed by atoms with E-state index >= 15 is 0 Å². The second-order valence-corrected chi connectivity index (χ2v) is 5.64. The Morgan fingerprint density at radius 2 is 1.88 bits per heavy atom. The molecule has 3 heteroatoms. The highest BCUT2D eigenvalue weighted by molar-refractivity contribution is 7.71. The molecular weight excluding hydrogens is 216 g/mol. The molecule has 0 saturated heterocycles. The zero-order chi connectivity index (χ0) is 11.5. The Labute approximate surface area is 103 Å². The molecule has 1 saturated carbocycles. The van der Waals surface area contributed by atoms with Crippen molar-refractivity contribution >= 4 is 12.2 Å². The molecule has 16 heavy (non-hydrogen) atoms. The van der Waals surface area contributed by atoms with Crippen molar-refractivity contribution in [2.75, 3.05) is 0 Å². The van der Waals surface area contributed by atoms with E-state index in [2.05, 4.69) is 29.7 Å². The Bertz CT molecular complexity index is 381. The number of H-pyrrole nitrogens is 1. The lowest BCUT2D eigenvalue weighted by Gasteiger charge is -2.16. The van der Waals surface area contributed by atoms with Crippen LogP contribution in [0.4, 0.5) is 0 Å². The average Bonchev–Trinajstić information content (AvgIpc) is 2.50. The zero-order valence-electron chi connectivity index (χ0n) is 10.3. The lowest BCUT2D eigenvalue weighted by Crippen LogP contribution is -2.10. The van der Waals surface area contributed by atoms with E-state index in [0.29, 0.717) is 12.0 Å². The first-order valence-corrected chi connectivity index (χ1v) is 6.91. The van der Waals surface area contributed by atoms with Gasteiger partial charge in [-0.15, -0.1) is 0 Å². The van der Waals surface area contributed by atoms with Crippen molar-refractivity contribution in [2.45, 2.75) is 64.3 Å². The van der Waals surface area contributed by atoms with Crippen molar-refractivity contribution in [1.82, 2.24) is 9.78 Å². The van der Waals surface area contributed by atoms with Crippen LogP contribution >= 0.6 is 12.2 Å². The Kier molecular flexibility index (Phi) is 3.85. The van der Waals surface area contributed by atoms with E-state index in [1.54, 1.807) is 0 Å². The fourth-order valence-corrected chi connectivity index (χ4v) is 2.83. The summed E-state index contributed by atoms with van der Waals surface area (Å²) >= 11 is 5.45. The Morgan fingerprint density at radius 3 is 2.38 bits per heavy atom. The van der Waals surface area contributed by atoms with Gasteiger partial charge in [0.2, 0.25) is 0 Å². The monoisotopic (exact) mass is 238 g/mol.